The van der Waals surface area contributed by atoms with E-state index in [1.165, 1.54) is 0 Å². The average Bonchev–Trinajstić information content (AvgIpc) is 2.48. The second kappa shape index (κ2) is 2.73. The molecule has 1 aromatic heterocycles. The molecule has 0 aromatic carbocycles. The molecule has 0 atom stereocenters. The summed E-state index contributed by atoms with van der Waals surface area (Å²) < 4.78 is 7.51. The maximum Gasteiger partial charge on any atom is 0.153 e. The molecule has 13 heavy (non-hydrogen) atoms. The molecular weight excluding hydrogens is 166 g/mol. The van der Waals surface area contributed by atoms with Gasteiger partial charge in [0, 0.05) is 12.4 Å². The minimum Gasteiger partial charge on any atom is -0.352 e. The average molecular weight is 181 g/mol. The van der Waals surface area contributed by atoms with Gasteiger partial charge in [-0.15, -0.1) is 0 Å². The summed E-state index contributed by atoms with van der Waals surface area (Å²) in [5.74, 6) is 0.973. The Morgan fingerprint density at radius 1 is 1.46 bits per heavy atom. The van der Waals surface area contributed by atoms with E-state index in [1.807, 2.05) is 12.4 Å². The number of nitrogens with zero attached hydrogens (tertiary/aromatic N) is 3. The summed E-state index contributed by atoms with van der Waals surface area (Å²) in [7, 11) is 0. The van der Waals surface area contributed by atoms with Gasteiger partial charge in [-0.25, -0.2) is 9.66 Å². The van der Waals surface area contributed by atoms with Crippen LogP contribution in [0.15, 0.2) is 12.4 Å². The van der Waals surface area contributed by atoms with E-state index in [-0.39, 0.29) is 5.54 Å². The van der Waals surface area contributed by atoms with E-state index in [9.17, 15) is 0 Å². The quantitative estimate of drug-likeness (QED) is 0.600. The van der Waals surface area contributed by atoms with Crippen molar-refractivity contribution in [1.82, 2.24) is 9.66 Å². The second-order valence-corrected chi connectivity index (χ2v) is 4.24. The van der Waals surface area contributed by atoms with Crippen LogP contribution < -0.4 is 5.01 Å². The first-order valence-electron chi connectivity index (χ1n) is 4.47. The predicted octanol–water partition coefficient (Wildman–Crippen LogP) is 1.11. The zero-order chi connectivity index (χ0) is 9.47. The lowest BCUT2D eigenvalue weighted by atomic mass is 10.1. The highest BCUT2D eigenvalue weighted by Gasteiger charge is 2.26. The fourth-order valence-corrected chi connectivity index (χ4v) is 1.45. The number of ether oxygens (including phenoxy) is 1. The second-order valence-electron chi connectivity index (χ2n) is 4.24. The lowest BCUT2D eigenvalue weighted by molar-refractivity contribution is 0.0568. The van der Waals surface area contributed by atoms with Crippen molar-refractivity contribution in [3.05, 3.63) is 18.2 Å². The molecule has 1 aliphatic rings. The Hall–Kier alpha value is -1.03. The van der Waals surface area contributed by atoms with Gasteiger partial charge in [0.15, 0.2) is 5.82 Å². The van der Waals surface area contributed by atoms with Crippen molar-refractivity contribution in [2.24, 2.45) is 0 Å². The summed E-state index contributed by atoms with van der Waals surface area (Å²) in [5.41, 5.74) is 0.0653. The maximum absolute atomic E-state index is 5.44. The van der Waals surface area contributed by atoms with Gasteiger partial charge >= 0.3 is 0 Å². The van der Waals surface area contributed by atoms with Gasteiger partial charge in [0.1, 0.15) is 13.3 Å². The van der Waals surface area contributed by atoms with Gasteiger partial charge in [-0.2, -0.15) is 0 Å². The number of hydrogen-bond acceptors (Lipinski definition) is 3. The highest BCUT2D eigenvalue weighted by atomic mass is 16.5. The van der Waals surface area contributed by atoms with Crippen LogP contribution >= 0.6 is 0 Å². The van der Waals surface area contributed by atoms with E-state index < -0.39 is 0 Å². The highest BCUT2D eigenvalue weighted by Crippen LogP contribution is 2.17. The van der Waals surface area contributed by atoms with Crippen molar-refractivity contribution < 1.29 is 4.74 Å². The normalized spacial score (nSPS) is 17.3. The van der Waals surface area contributed by atoms with Crippen molar-refractivity contribution >= 4 is 0 Å². The van der Waals surface area contributed by atoms with Gasteiger partial charge in [-0.1, -0.05) is 0 Å². The molecule has 0 N–H and O–H groups in total. The molecule has 2 heterocycles. The lowest BCUT2D eigenvalue weighted by Gasteiger charge is -2.40. The monoisotopic (exact) mass is 181 g/mol. The largest absolute Gasteiger partial charge is 0.352 e. The molecule has 0 radical (unpaired) electrons. The van der Waals surface area contributed by atoms with Crippen LogP contribution in [0.2, 0.25) is 0 Å². The van der Waals surface area contributed by atoms with Crippen LogP contribution in [-0.4, -0.2) is 21.9 Å². The Labute approximate surface area is 78.1 Å². The first kappa shape index (κ1) is 8.56. The Kier molecular flexibility index (Phi) is 1.80. The number of aromatic nitrogens is 2. The molecule has 1 aromatic rings. The minimum atomic E-state index is 0.0653. The SMILES string of the molecule is CC(C)(C)N1COCc2nccn21. The van der Waals surface area contributed by atoms with Crippen LogP contribution in [0.3, 0.4) is 0 Å². The van der Waals surface area contributed by atoms with Crippen LogP contribution in [-0.2, 0) is 11.3 Å². The molecule has 0 saturated heterocycles. The summed E-state index contributed by atoms with van der Waals surface area (Å²) in [6, 6.07) is 0. The van der Waals surface area contributed by atoms with Crippen molar-refractivity contribution in [2.75, 3.05) is 11.7 Å². The van der Waals surface area contributed by atoms with E-state index in [1.54, 1.807) is 0 Å². The minimum absolute atomic E-state index is 0.0653. The van der Waals surface area contributed by atoms with Crippen LogP contribution in [0.25, 0.3) is 0 Å². The van der Waals surface area contributed by atoms with Gasteiger partial charge in [0.05, 0.1) is 5.54 Å². The van der Waals surface area contributed by atoms with Crippen LogP contribution in [0.4, 0.5) is 0 Å². The topological polar surface area (TPSA) is 30.3 Å². The molecule has 0 spiro atoms. The summed E-state index contributed by atoms with van der Waals surface area (Å²) in [6.07, 6.45) is 3.78. The van der Waals surface area contributed by atoms with E-state index in [4.69, 9.17) is 4.74 Å². The van der Waals surface area contributed by atoms with E-state index in [2.05, 4.69) is 35.4 Å². The first-order valence-corrected chi connectivity index (χ1v) is 4.47. The lowest BCUT2D eigenvalue weighted by Crippen LogP contribution is -2.52. The fraction of sp³-hybridized carbons (Fsp3) is 0.667. The first-order chi connectivity index (χ1) is 6.09. The van der Waals surface area contributed by atoms with Crippen molar-refractivity contribution in [2.45, 2.75) is 32.9 Å². The number of hydrogen-bond donors (Lipinski definition) is 0. The molecule has 0 saturated carbocycles. The smallest absolute Gasteiger partial charge is 0.153 e. The summed E-state index contributed by atoms with van der Waals surface area (Å²) in [4.78, 5) is 4.22. The summed E-state index contributed by atoms with van der Waals surface area (Å²) in [5, 5.41) is 2.15. The molecule has 72 valence electrons. The number of fused-ring (bicyclic) bond motifs is 1. The van der Waals surface area contributed by atoms with Crippen LogP contribution in [0, 0.1) is 0 Å². The predicted molar refractivity (Wildman–Crippen MR) is 49.9 cm³/mol. The third-order valence-electron chi connectivity index (χ3n) is 2.18. The third kappa shape index (κ3) is 1.42. The van der Waals surface area contributed by atoms with Crippen molar-refractivity contribution in [1.29, 1.82) is 0 Å². The van der Waals surface area contributed by atoms with Gasteiger partial charge in [-0.3, -0.25) is 5.01 Å². The standard InChI is InChI=1S/C9H15N3O/c1-9(2,3)12-7-13-6-8-10-4-5-11(8)12/h4-5H,6-7H2,1-3H3. The fourth-order valence-electron chi connectivity index (χ4n) is 1.45. The zero-order valence-electron chi connectivity index (χ0n) is 8.32. The Morgan fingerprint density at radius 3 is 2.92 bits per heavy atom. The number of rotatable bonds is 0. The molecule has 2 rings (SSSR count). The van der Waals surface area contributed by atoms with Crippen molar-refractivity contribution in [3.8, 4) is 0 Å². The maximum atomic E-state index is 5.44. The van der Waals surface area contributed by atoms with Crippen LogP contribution in [0.1, 0.15) is 26.6 Å². The van der Waals surface area contributed by atoms with Crippen LogP contribution in [0.5, 0.6) is 0 Å². The van der Waals surface area contributed by atoms with Gasteiger partial charge in [0.25, 0.3) is 0 Å². The Morgan fingerprint density at radius 2 is 2.23 bits per heavy atom. The molecular formula is C9H15N3O. The van der Waals surface area contributed by atoms with E-state index in [0.29, 0.717) is 13.3 Å². The van der Waals surface area contributed by atoms with Gasteiger partial charge in [-0.05, 0) is 20.8 Å². The van der Waals surface area contributed by atoms with E-state index >= 15 is 0 Å². The molecule has 0 unspecified atom stereocenters. The van der Waals surface area contributed by atoms with E-state index in [0.717, 1.165) is 5.82 Å². The molecule has 4 heteroatoms. The Bertz CT molecular complexity index is 300. The summed E-state index contributed by atoms with van der Waals surface area (Å²) in [6.45, 7) is 7.72. The zero-order valence-corrected chi connectivity index (χ0v) is 8.32. The molecule has 4 nitrogen and oxygen atoms in total. The Balaban J connectivity index is 2.35. The molecule has 0 amide bonds. The third-order valence-corrected chi connectivity index (χ3v) is 2.18. The van der Waals surface area contributed by atoms with Gasteiger partial charge < -0.3 is 4.74 Å². The van der Waals surface area contributed by atoms with Crippen molar-refractivity contribution in [3.63, 3.8) is 0 Å². The molecule has 0 fully saturated rings. The summed E-state index contributed by atoms with van der Waals surface area (Å²) >= 11 is 0. The molecule has 1 aliphatic heterocycles. The molecule has 0 bridgehead atoms. The molecule has 0 aliphatic carbocycles. The number of imidazole rings is 1. The van der Waals surface area contributed by atoms with Gasteiger partial charge in [0.2, 0.25) is 0 Å². The highest BCUT2D eigenvalue weighted by molar-refractivity contribution is 5.06.